The van der Waals surface area contributed by atoms with Gasteiger partial charge in [0.25, 0.3) is 0 Å². The van der Waals surface area contributed by atoms with Crippen molar-refractivity contribution in [1.82, 2.24) is 24.2 Å². The number of carbonyl (C=O) groups excluding carboxylic acids is 1. The lowest BCUT2D eigenvalue weighted by molar-refractivity contribution is -0.140. The van der Waals surface area contributed by atoms with Gasteiger partial charge in [0.2, 0.25) is 5.13 Å². The number of piperidine rings is 1. The lowest BCUT2D eigenvalue weighted by atomic mass is 9.88. The number of nitrogens with one attached hydrogen (secondary N) is 1. The van der Waals surface area contributed by atoms with E-state index in [1.54, 1.807) is 23.4 Å². The molecule has 0 aromatic carbocycles. The predicted molar refractivity (Wildman–Crippen MR) is 142 cm³/mol. The quantitative estimate of drug-likeness (QED) is 0.260. The topological polar surface area (TPSA) is 140 Å². The molecule has 5 rings (SSSR count). The summed E-state index contributed by atoms with van der Waals surface area (Å²) < 4.78 is 15.5. The average molecular weight is 557 g/mol. The van der Waals surface area contributed by atoms with E-state index in [1.807, 2.05) is 19.1 Å². The number of thioether (sulfide) groups is 1. The Morgan fingerprint density at radius 3 is 2.95 bits per heavy atom. The number of amides is 1. The van der Waals surface area contributed by atoms with Gasteiger partial charge in [-0.2, -0.15) is 4.37 Å². The van der Waals surface area contributed by atoms with Crippen LogP contribution >= 0.6 is 23.3 Å². The van der Waals surface area contributed by atoms with E-state index in [0.29, 0.717) is 34.0 Å². The van der Waals surface area contributed by atoms with Crippen LogP contribution in [-0.2, 0) is 15.1 Å². The number of carboxylic acid groups (broad SMARTS) is 1. The van der Waals surface area contributed by atoms with Crippen molar-refractivity contribution in [3.63, 3.8) is 0 Å². The number of hydrogen-bond acceptors (Lipinski definition) is 11. The SMILES string of the molecule is COC(=O)CCSc1cnc(Nc2nc(C34CCCC(CC3)N4C(=O)O)ns2)c(Oc2cccnc2C)c1. The molecule has 3 aromatic rings. The first-order valence-electron chi connectivity index (χ1n) is 12.3. The number of aryl methyl sites for hydroxylation is 1. The van der Waals surface area contributed by atoms with E-state index in [4.69, 9.17) is 14.5 Å². The molecule has 2 saturated heterocycles. The number of ether oxygens (including phenoxy) is 2. The van der Waals surface area contributed by atoms with Crippen molar-refractivity contribution >= 4 is 46.3 Å². The van der Waals surface area contributed by atoms with Crippen LogP contribution in [0.2, 0.25) is 0 Å². The van der Waals surface area contributed by atoms with Crippen LogP contribution in [0.15, 0.2) is 35.5 Å². The molecular formula is C25H28N6O5S2. The number of carbonyl (C=O) groups is 2. The minimum absolute atomic E-state index is 0.0229. The van der Waals surface area contributed by atoms with Crippen LogP contribution in [0.5, 0.6) is 11.5 Å². The lowest BCUT2D eigenvalue weighted by Crippen LogP contribution is -2.51. The summed E-state index contributed by atoms with van der Waals surface area (Å²) in [5.41, 5.74) is 0.0478. The maximum atomic E-state index is 12.1. The second-order valence-electron chi connectivity index (χ2n) is 9.20. The molecule has 1 amide bonds. The van der Waals surface area contributed by atoms with Gasteiger partial charge in [-0.3, -0.25) is 14.7 Å². The Kier molecular flexibility index (Phi) is 7.65. The Bertz CT molecular complexity index is 1330. The molecular weight excluding hydrogens is 528 g/mol. The third-order valence-electron chi connectivity index (χ3n) is 6.93. The molecule has 11 nitrogen and oxygen atoms in total. The summed E-state index contributed by atoms with van der Waals surface area (Å²) in [6, 6.07) is 5.49. The fraction of sp³-hybridized carbons (Fsp3) is 0.440. The molecule has 2 atom stereocenters. The fourth-order valence-corrected chi connectivity index (χ4v) is 6.59. The van der Waals surface area contributed by atoms with Gasteiger partial charge >= 0.3 is 12.1 Å². The number of rotatable bonds is 9. The maximum Gasteiger partial charge on any atom is 0.408 e. The second kappa shape index (κ2) is 11.1. The molecule has 2 bridgehead atoms. The number of fused-ring (bicyclic) bond motifs is 2. The zero-order valence-electron chi connectivity index (χ0n) is 21.0. The Morgan fingerprint density at radius 1 is 1.29 bits per heavy atom. The van der Waals surface area contributed by atoms with Gasteiger partial charge in [0.15, 0.2) is 17.4 Å². The van der Waals surface area contributed by atoms with Crippen molar-refractivity contribution < 1.29 is 24.2 Å². The van der Waals surface area contributed by atoms with Crippen LogP contribution in [0.3, 0.4) is 0 Å². The molecule has 13 heteroatoms. The molecule has 5 heterocycles. The van der Waals surface area contributed by atoms with Crippen LogP contribution in [0.25, 0.3) is 0 Å². The third kappa shape index (κ3) is 5.25. The predicted octanol–water partition coefficient (Wildman–Crippen LogP) is 5.35. The lowest BCUT2D eigenvalue weighted by Gasteiger charge is -2.41. The van der Waals surface area contributed by atoms with E-state index < -0.39 is 11.6 Å². The summed E-state index contributed by atoms with van der Waals surface area (Å²) in [7, 11) is 1.37. The first-order valence-corrected chi connectivity index (χ1v) is 14.1. The summed E-state index contributed by atoms with van der Waals surface area (Å²) >= 11 is 2.64. The number of aromatic nitrogens is 4. The van der Waals surface area contributed by atoms with Gasteiger partial charge < -0.3 is 19.9 Å². The van der Waals surface area contributed by atoms with E-state index in [1.165, 1.54) is 30.4 Å². The van der Waals surface area contributed by atoms with E-state index in [-0.39, 0.29) is 18.4 Å². The summed E-state index contributed by atoms with van der Waals surface area (Å²) in [5, 5.41) is 13.6. The molecule has 2 fully saturated rings. The summed E-state index contributed by atoms with van der Waals surface area (Å²) in [6.07, 6.45) is 6.86. The molecule has 0 radical (unpaired) electrons. The summed E-state index contributed by atoms with van der Waals surface area (Å²) in [5.74, 6) is 2.29. The van der Waals surface area contributed by atoms with E-state index in [0.717, 1.165) is 42.7 Å². The molecule has 0 saturated carbocycles. The number of nitrogens with zero attached hydrogens (tertiary/aromatic N) is 5. The zero-order valence-corrected chi connectivity index (χ0v) is 22.7. The highest BCUT2D eigenvalue weighted by Gasteiger charge is 2.54. The van der Waals surface area contributed by atoms with Crippen LogP contribution in [0.4, 0.5) is 15.7 Å². The van der Waals surface area contributed by atoms with Crippen molar-refractivity contribution in [2.24, 2.45) is 0 Å². The van der Waals surface area contributed by atoms with Crippen LogP contribution in [0, 0.1) is 6.92 Å². The molecule has 0 aliphatic carbocycles. The highest BCUT2D eigenvalue weighted by atomic mass is 32.2. The Balaban J connectivity index is 1.40. The van der Waals surface area contributed by atoms with Crippen molar-refractivity contribution in [2.45, 2.75) is 61.9 Å². The standard InChI is InChI=1S/C25H28N6O5S2/c1-15-18(6-4-11-26-15)36-19-13-17(37-12-8-20(32)35-2)14-27-21(19)28-23-29-22(30-38-23)25-9-3-5-16(7-10-25)31(25)24(33)34/h4,6,11,13-14,16H,3,5,7-10,12H2,1-2H3,(H,33,34)(H,27,28,29,30). The van der Waals surface area contributed by atoms with Crippen molar-refractivity contribution in [1.29, 1.82) is 0 Å². The summed E-state index contributed by atoms with van der Waals surface area (Å²) in [6.45, 7) is 1.86. The highest BCUT2D eigenvalue weighted by molar-refractivity contribution is 7.99. The molecule has 2 unspecified atom stereocenters. The van der Waals surface area contributed by atoms with Crippen LogP contribution < -0.4 is 10.1 Å². The molecule has 0 spiro atoms. The van der Waals surface area contributed by atoms with Crippen molar-refractivity contribution in [3.05, 3.63) is 42.1 Å². The normalized spacial score (nSPS) is 20.3. The Labute approximate surface area is 228 Å². The van der Waals surface area contributed by atoms with Crippen molar-refractivity contribution in [2.75, 3.05) is 18.2 Å². The van der Waals surface area contributed by atoms with Crippen LogP contribution in [0.1, 0.15) is 50.0 Å². The largest absolute Gasteiger partial charge is 0.469 e. The molecule has 2 aliphatic rings. The van der Waals surface area contributed by atoms with Gasteiger partial charge in [0.1, 0.15) is 11.3 Å². The first-order chi connectivity index (χ1) is 18.4. The highest BCUT2D eigenvalue weighted by Crippen LogP contribution is 2.50. The number of anilines is 2. The Morgan fingerprint density at radius 2 is 2.16 bits per heavy atom. The minimum atomic E-state index is -0.916. The summed E-state index contributed by atoms with van der Waals surface area (Å²) in [4.78, 5) is 39.6. The number of esters is 1. The minimum Gasteiger partial charge on any atom is -0.469 e. The smallest absolute Gasteiger partial charge is 0.408 e. The molecule has 2 N–H and O–H groups in total. The average Bonchev–Trinajstić information content (AvgIpc) is 3.47. The van der Waals surface area contributed by atoms with E-state index in [9.17, 15) is 14.7 Å². The number of pyridine rings is 2. The maximum absolute atomic E-state index is 12.1. The fourth-order valence-electron chi connectivity index (χ4n) is 5.12. The zero-order chi connectivity index (χ0) is 26.7. The van der Waals surface area contributed by atoms with Gasteiger partial charge in [0, 0.05) is 40.6 Å². The van der Waals surface area contributed by atoms with Gasteiger partial charge in [-0.05, 0) is 57.2 Å². The van der Waals surface area contributed by atoms with E-state index in [2.05, 4.69) is 19.7 Å². The first kappa shape index (κ1) is 26.2. The number of methoxy groups -OCH3 is 1. The molecule has 3 aromatic heterocycles. The van der Waals surface area contributed by atoms with Gasteiger partial charge in [0.05, 0.1) is 19.2 Å². The van der Waals surface area contributed by atoms with E-state index >= 15 is 0 Å². The number of hydrogen-bond donors (Lipinski definition) is 2. The Hall–Kier alpha value is -3.45. The van der Waals surface area contributed by atoms with Crippen molar-refractivity contribution in [3.8, 4) is 11.5 Å². The van der Waals surface area contributed by atoms with Gasteiger partial charge in [-0.15, -0.1) is 11.8 Å². The monoisotopic (exact) mass is 556 g/mol. The molecule has 2 aliphatic heterocycles. The molecule has 38 heavy (non-hydrogen) atoms. The van der Waals surface area contributed by atoms with Crippen LogP contribution in [-0.4, -0.2) is 60.3 Å². The molecule has 200 valence electrons. The third-order valence-corrected chi connectivity index (χ3v) is 8.52. The second-order valence-corrected chi connectivity index (χ2v) is 11.1. The van der Waals surface area contributed by atoms with Gasteiger partial charge in [-0.1, -0.05) is 0 Å². The van der Waals surface area contributed by atoms with Gasteiger partial charge in [-0.25, -0.2) is 14.8 Å².